The number of carbonyl (C=O) groups is 2. The van der Waals surface area contributed by atoms with Crippen LogP contribution in [0.15, 0.2) is 30.6 Å². The van der Waals surface area contributed by atoms with E-state index in [-0.39, 0.29) is 18.9 Å². The number of morpholine rings is 1. The minimum absolute atomic E-state index is 0.117. The molecule has 1 saturated heterocycles. The maximum Gasteiger partial charge on any atom is 0.306 e. The molecule has 0 aliphatic carbocycles. The van der Waals surface area contributed by atoms with Crippen LogP contribution >= 0.6 is 0 Å². The summed E-state index contributed by atoms with van der Waals surface area (Å²) in [6.45, 7) is 1.03. The van der Waals surface area contributed by atoms with Gasteiger partial charge in [0, 0.05) is 18.7 Å². The van der Waals surface area contributed by atoms with Gasteiger partial charge in [0.1, 0.15) is 6.33 Å². The van der Waals surface area contributed by atoms with Gasteiger partial charge < -0.3 is 14.7 Å². The molecular weight excluding hydrogens is 302 g/mol. The van der Waals surface area contributed by atoms with Crippen molar-refractivity contribution in [3.63, 3.8) is 0 Å². The van der Waals surface area contributed by atoms with Crippen LogP contribution in [0.4, 0.5) is 0 Å². The third-order valence-corrected chi connectivity index (χ3v) is 3.53. The van der Waals surface area contributed by atoms with Crippen molar-refractivity contribution in [1.29, 1.82) is 0 Å². The monoisotopic (exact) mass is 317 g/mol. The number of hydrogen-bond donors (Lipinski definition) is 1. The van der Waals surface area contributed by atoms with Crippen molar-refractivity contribution >= 4 is 11.9 Å². The summed E-state index contributed by atoms with van der Waals surface area (Å²) < 4.78 is 6.84. The van der Waals surface area contributed by atoms with Crippen molar-refractivity contribution in [3.8, 4) is 5.69 Å². The number of amides is 1. The molecule has 0 bridgehead atoms. The highest BCUT2D eigenvalue weighted by atomic mass is 16.5. The van der Waals surface area contributed by atoms with Gasteiger partial charge in [0.05, 0.1) is 24.8 Å². The van der Waals surface area contributed by atoms with Crippen LogP contribution in [-0.2, 0) is 9.53 Å². The van der Waals surface area contributed by atoms with Crippen molar-refractivity contribution in [3.05, 3.63) is 36.2 Å². The number of tetrazole rings is 1. The van der Waals surface area contributed by atoms with E-state index >= 15 is 0 Å². The molecule has 1 aliphatic rings. The Balaban J connectivity index is 1.75. The van der Waals surface area contributed by atoms with Crippen molar-refractivity contribution in [2.75, 3.05) is 19.7 Å². The minimum atomic E-state index is -0.940. The predicted molar refractivity (Wildman–Crippen MR) is 77.1 cm³/mol. The normalized spacial score (nSPS) is 17.9. The Labute approximate surface area is 131 Å². The molecule has 1 aliphatic heterocycles. The lowest BCUT2D eigenvalue weighted by molar-refractivity contribution is -0.141. The van der Waals surface area contributed by atoms with E-state index in [1.807, 2.05) is 0 Å². The number of carbonyl (C=O) groups excluding carboxylic acids is 1. The van der Waals surface area contributed by atoms with Gasteiger partial charge in [0.15, 0.2) is 0 Å². The molecule has 1 amide bonds. The van der Waals surface area contributed by atoms with Gasteiger partial charge in [0.2, 0.25) is 0 Å². The van der Waals surface area contributed by atoms with Crippen molar-refractivity contribution in [1.82, 2.24) is 25.1 Å². The first-order valence-electron chi connectivity index (χ1n) is 7.09. The molecule has 1 unspecified atom stereocenters. The molecule has 2 aromatic rings. The van der Waals surface area contributed by atoms with Gasteiger partial charge in [0.25, 0.3) is 5.91 Å². The largest absolute Gasteiger partial charge is 0.481 e. The molecule has 1 aromatic heterocycles. The van der Waals surface area contributed by atoms with Crippen molar-refractivity contribution in [2.45, 2.75) is 12.5 Å². The summed E-state index contributed by atoms with van der Waals surface area (Å²) in [7, 11) is 0. The van der Waals surface area contributed by atoms with Gasteiger partial charge >= 0.3 is 5.97 Å². The Morgan fingerprint density at radius 2 is 2.26 bits per heavy atom. The number of carboxylic acids is 1. The number of aromatic nitrogens is 4. The van der Waals surface area contributed by atoms with Gasteiger partial charge in [-0.05, 0) is 28.6 Å². The van der Waals surface area contributed by atoms with E-state index in [9.17, 15) is 9.59 Å². The number of benzene rings is 1. The van der Waals surface area contributed by atoms with E-state index in [2.05, 4.69) is 15.5 Å². The van der Waals surface area contributed by atoms with Crippen molar-refractivity contribution in [2.24, 2.45) is 0 Å². The number of hydrogen-bond acceptors (Lipinski definition) is 6. The van der Waals surface area contributed by atoms with Crippen LogP contribution in [0.3, 0.4) is 0 Å². The Kier molecular flexibility index (Phi) is 4.29. The first-order valence-corrected chi connectivity index (χ1v) is 7.09. The van der Waals surface area contributed by atoms with E-state index in [1.165, 1.54) is 11.0 Å². The number of ether oxygens (including phenoxy) is 1. The second-order valence-electron chi connectivity index (χ2n) is 5.15. The molecule has 0 saturated carbocycles. The van der Waals surface area contributed by atoms with E-state index in [0.717, 1.165) is 0 Å². The maximum absolute atomic E-state index is 12.6. The topological polar surface area (TPSA) is 110 Å². The molecule has 23 heavy (non-hydrogen) atoms. The summed E-state index contributed by atoms with van der Waals surface area (Å²) in [5, 5.41) is 19.8. The Hall–Kier alpha value is -2.81. The lowest BCUT2D eigenvalue weighted by Gasteiger charge is -2.32. The van der Waals surface area contributed by atoms with Gasteiger partial charge in [-0.15, -0.1) is 5.10 Å². The molecule has 1 fully saturated rings. The highest BCUT2D eigenvalue weighted by molar-refractivity contribution is 5.94. The maximum atomic E-state index is 12.6. The second kappa shape index (κ2) is 6.53. The summed E-state index contributed by atoms with van der Waals surface area (Å²) in [4.78, 5) is 25.0. The fourth-order valence-corrected chi connectivity index (χ4v) is 2.47. The second-order valence-corrected chi connectivity index (χ2v) is 5.15. The van der Waals surface area contributed by atoms with Gasteiger partial charge in [-0.3, -0.25) is 9.59 Å². The van der Waals surface area contributed by atoms with E-state index < -0.39 is 12.1 Å². The molecule has 0 spiro atoms. The minimum Gasteiger partial charge on any atom is -0.481 e. The van der Waals surface area contributed by atoms with Crippen LogP contribution in [0.1, 0.15) is 16.8 Å². The smallest absolute Gasteiger partial charge is 0.306 e. The summed E-state index contributed by atoms with van der Waals surface area (Å²) in [6, 6.07) is 6.94. The van der Waals surface area contributed by atoms with Crippen LogP contribution in [0.2, 0.25) is 0 Å². The van der Waals surface area contributed by atoms with Gasteiger partial charge in [-0.25, -0.2) is 4.68 Å². The zero-order valence-corrected chi connectivity index (χ0v) is 12.2. The first-order chi connectivity index (χ1) is 11.1. The highest BCUT2D eigenvalue weighted by Gasteiger charge is 2.26. The number of carboxylic acid groups (broad SMARTS) is 1. The van der Waals surface area contributed by atoms with E-state index in [0.29, 0.717) is 24.4 Å². The molecule has 1 aromatic carbocycles. The lowest BCUT2D eigenvalue weighted by Crippen LogP contribution is -2.46. The predicted octanol–water partition coefficient (Wildman–Crippen LogP) is -0.0220. The third-order valence-electron chi connectivity index (χ3n) is 3.53. The van der Waals surface area contributed by atoms with Crippen LogP contribution in [0, 0.1) is 0 Å². The van der Waals surface area contributed by atoms with Gasteiger partial charge in [-0.1, -0.05) is 6.07 Å². The summed E-state index contributed by atoms with van der Waals surface area (Å²) in [6.07, 6.45) is 0.850. The Morgan fingerprint density at radius 1 is 1.39 bits per heavy atom. The molecular formula is C14H15N5O4. The zero-order valence-electron chi connectivity index (χ0n) is 12.2. The van der Waals surface area contributed by atoms with Crippen LogP contribution in [-0.4, -0.2) is 67.9 Å². The molecule has 3 rings (SSSR count). The standard InChI is InChI=1S/C14H15N5O4/c20-13(21)7-12-8-18(4-5-23-12)14(22)10-2-1-3-11(6-10)19-9-15-16-17-19/h1-3,6,9,12H,4-5,7-8H2,(H,20,21). The average molecular weight is 317 g/mol. The molecule has 120 valence electrons. The molecule has 1 N–H and O–H groups in total. The van der Waals surface area contributed by atoms with Crippen LogP contribution < -0.4 is 0 Å². The highest BCUT2D eigenvalue weighted by Crippen LogP contribution is 2.15. The first kappa shape index (κ1) is 15.1. The molecule has 0 radical (unpaired) electrons. The Morgan fingerprint density at radius 3 is 3.00 bits per heavy atom. The van der Waals surface area contributed by atoms with E-state index in [4.69, 9.17) is 9.84 Å². The molecule has 9 nitrogen and oxygen atoms in total. The van der Waals surface area contributed by atoms with E-state index in [1.54, 1.807) is 29.2 Å². The number of rotatable bonds is 4. The third kappa shape index (κ3) is 3.51. The summed E-state index contributed by atoms with van der Waals surface area (Å²) >= 11 is 0. The lowest BCUT2D eigenvalue weighted by atomic mass is 10.1. The molecule has 9 heteroatoms. The number of aliphatic carboxylic acids is 1. The fraction of sp³-hybridized carbons (Fsp3) is 0.357. The fourth-order valence-electron chi connectivity index (χ4n) is 2.47. The van der Waals surface area contributed by atoms with Gasteiger partial charge in [-0.2, -0.15) is 0 Å². The molecule has 1 atom stereocenters. The van der Waals surface area contributed by atoms with Crippen LogP contribution in [0.25, 0.3) is 5.69 Å². The summed E-state index contributed by atoms with van der Waals surface area (Å²) in [5.74, 6) is -1.11. The SMILES string of the molecule is O=C(O)CC1CN(C(=O)c2cccc(-n3cnnn3)c2)CCO1. The quantitative estimate of drug-likeness (QED) is 0.843. The Bertz CT molecular complexity index is 703. The van der Waals surface area contributed by atoms with Crippen LogP contribution in [0.5, 0.6) is 0 Å². The van der Waals surface area contributed by atoms with Crippen molar-refractivity contribution < 1.29 is 19.4 Å². The zero-order chi connectivity index (χ0) is 16.2. The molecule has 2 heterocycles. The average Bonchev–Trinajstić information content (AvgIpc) is 3.08. The summed E-state index contributed by atoms with van der Waals surface area (Å²) in [5.41, 5.74) is 1.17. The number of nitrogens with zero attached hydrogens (tertiary/aromatic N) is 5.